The first kappa shape index (κ1) is 17.5. The lowest BCUT2D eigenvalue weighted by Gasteiger charge is -2.36. The smallest absolute Gasteiger partial charge is 0.396 e. The van der Waals surface area contributed by atoms with Crippen LogP contribution in [0.15, 0.2) is 18.2 Å². The second-order valence-corrected chi connectivity index (χ2v) is 5.75. The summed E-state index contributed by atoms with van der Waals surface area (Å²) in [5, 5.41) is 12.1. The molecule has 1 aromatic rings. The Hall–Kier alpha value is -0.820. The highest BCUT2D eigenvalue weighted by atomic mass is 35.5. The highest BCUT2D eigenvalue weighted by Gasteiger charge is 2.35. The van der Waals surface area contributed by atoms with Gasteiger partial charge in [0.1, 0.15) is 0 Å². The highest BCUT2D eigenvalue weighted by molar-refractivity contribution is 6.32. The molecule has 22 heavy (non-hydrogen) atoms. The zero-order valence-corrected chi connectivity index (χ0v) is 12.9. The Morgan fingerprint density at radius 2 is 1.95 bits per heavy atom. The van der Waals surface area contributed by atoms with Gasteiger partial charge < -0.3 is 10.4 Å². The Labute approximate surface area is 133 Å². The third-order valence-electron chi connectivity index (χ3n) is 3.92. The molecule has 0 amide bonds. The van der Waals surface area contributed by atoms with E-state index < -0.39 is 11.7 Å². The summed E-state index contributed by atoms with van der Waals surface area (Å²) in [5.74, 6) is 0. The van der Waals surface area contributed by atoms with Gasteiger partial charge in [0.2, 0.25) is 0 Å². The maximum Gasteiger partial charge on any atom is 0.417 e. The summed E-state index contributed by atoms with van der Waals surface area (Å²) in [6.07, 6.45) is -3.35. The number of piperazine rings is 1. The van der Waals surface area contributed by atoms with Crippen LogP contribution in [0.25, 0.3) is 0 Å². The van der Waals surface area contributed by atoms with E-state index in [1.54, 1.807) is 6.07 Å². The molecule has 1 saturated heterocycles. The van der Waals surface area contributed by atoms with Gasteiger partial charge in [-0.3, -0.25) is 4.90 Å². The molecule has 0 unspecified atom stereocenters. The van der Waals surface area contributed by atoms with Crippen LogP contribution in [0.5, 0.6) is 0 Å². The number of nitrogens with zero attached hydrogens (tertiary/aromatic N) is 1. The van der Waals surface area contributed by atoms with E-state index in [9.17, 15) is 13.2 Å². The predicted molar refractivity (Wildman–Crippen MR) is 80.0 cm³/mol. The highest BCUT2D eigenvalue weighted by Crippen LogP contribution is 2.40. The number of aliphatic hydroxyl groups is 1. The van der Waals surface area contributed by atoms with Crippen molar-refractivity contribution in [2.24, 2.45) is 0 Å². The molecule has 1 aliphatic heterocycles. The summed E-state index contributed by atoms with van der Waals surface area (Å²) in [4.78, 5) is 2.13. The first-order chi connectivity index (χ1) is 10.4. The lowest BCUT2D eigenvalue weighted by Crippen LogP contribution is -2.45. The molecular weight excluding hydrogens is 317 g/mol. The van der Waals surface area contributed by atoms with Gasteiger partial charge in [0.25, 0.3) is 0 Å². The van der Waals surface area contributed by atoms with Gasteiger partial charge in [-0.2, -0.15) is 13.2 Å². The largest absolute Gasteiger partial charge is 0.417 e. The van der Waals surface area contributed by atoms with Crippen molar-refractivity contribution in [2.45, 2.75) is 25.1 Å². The van der Waals surface area contributed by atoms with Gasteiger partial charge in [0.15, 0.2) is 0 Å². The van der Waals surface area contributed by atoms with E-state index in [1.807, 2.05) is 0 Å². The van der Waals surface area contributed by atoms with Crippen molar-refractivity contribution in [3.05, 3.63) is 34.3 Å². The van der Waals surface area contributed by atoms with E-state index in [1.165, 1.54) is 6.07 Å². The van der Waals surface area contributed by atoms with Crippen LogP contribution in [-0.2, 0) is 6.18 Å². The van der Waals surface area contributed by atoms with Gasteiger partial charge in [-0.25, -0.2) is 0 Å². The van der Waals surface area contributed by atoms with Crippen molar-refractivity contribution >= 4 is 11.6 Å². The SMILES string of the molecule is OCCC[C@@H](c1cccc(C(F)(F)F)c1Cl)N1CCNCC1. The average Bonchev–Trinajstić information content (AvgIpc) is 2.49. The molecule has 1 aliphatic rings. The lowest BCUT2D eigenvalue weighted by molar-refractivity contribution is -0.137. The van der Waals surface area contributed by atoms with Gasteiger partial charge in [0.05, 0.1) is 10.6 Å². The van der Waals surface area contributed by atoms with Crippen LogP contribution in [-0.4, -0.2) is 42.8 Å². The Kier molecular flexibility index (Phi) is 6.09. The first-order valence-corrected chi connectivity index (χ1v) is 7.74. The van der Waals surface area contributed by atoms with Crippen LogP contribution in [0.1, 0.15) is 30.0 Å². The molecule has 2 rings (SSSR count). The Morgan fingerprint density at radius 1 is 1.27 bits per heavy atom. The van der Waals surface area contributed by atoms with Crippen LogP contribution in [0.2, 0.25) is 5.02 Å². The molecule has 7 heteroatoms. The minimum absolute atomic E-state index is 0.0131. The van der Waals surface area contributed by atoms with E-state index in [0.717, 1.165) is 32.2 Å². The minimum Gasteiger partial charge on any atom is -0.396 e. The second-order valence-electron chi connectivity index (χ2n) is 5.37. The van der Waals surface area contributed by atoms with Gasteiger partial charge in [-0.05, 0) is 24.5 Å². The van der Waals surface area contributed by atoms with Gasteiger partial charge in [-0.15, -0.1) is 0 Å². The number of hydrogen-bond donors (Lipinski definition) is 2. The summed E-state index contributed by atoms with van der Waals surface area (Å²) in [5.41, 5.74) is -0.303. The zero-order valence-electron chi connectivity index (χ0n) is 12.2. The van der Waals surface area contributed by atoms with Crippen LogP contribution in [0, 0.1) is 0 Å². The molecule has 1 atom stereocenters. The maximum atomic E-state index is 13.0. The predicted octanol–water partition coefficient (Wildman–Crippen LogP) is 3.08. The molecule has 3 nitrogen and oxygen atoms in total. The molecule has 2 N–H and O–H groups in total. The van der Waals surface area contributed by atoms with Crippen molar-refractivity contribution in [1.29, 1.82) is 0 Å². The topological polar surface area (TPSA) is 35.5 Å². The van der Waals surface area contributed by atoms with Crippen LogP contribution < -0.4 is 5.32 Å². The summed E-state index contributed by atoms with van der Waals surface area (Å²) >= 11 is 6.06. The number of halogens is 4. The Morgan fingerprint density at radius 3 is 2.55 bits per heavy atom. The fourth-order valence-corrected chi connectivity index (χ4v) is 3.20. The number of rotatable bonds is 5. The number of aliphatic hydroxyl groups excluding tert-OH is 1. The normalized spacial score (nSPS) is 18.4. The standard InChI is InChI=1S/C15H20ClF3N2O/c16-14-11(3-1-4-12(14)15(17,18)19)13(5-2-10-22)21-8-6-20-7-9-21/h1,3-4,13,20,22H,2,5-10H2/t13-/m0/s1. The summed E-state index contributed by atoms with van der Waals surface area (Å²) in [6, 6.07) is 3.86. The first-order valence-electron chi connectivity index (χ1n) is 7.36. The van der Waals surface area contributed by atoms with Gasteiger partial charge in [-0.1, -0.05) is 23.7 Å². The van der Waals surface area contributed by atoms with Crippen molar-refractivity contribution < 1.29 is 18.3 Å². The zero-order chi connectivity index (χ0) is 16.2. The fraction of sp³-hybridized carbons (Fsp3) is 0.600. The monoisotopic (exact) mass is 336 g/mol. The maximum absolute atomic E-state index is 13.0. The molecule has 1 fully saturated rings. The molecule has 124 valence electrons. The van der Waals surface area contributed by atoms with Gasteiger partial charge >= 0.3 is 6.18 Å². The molecule has 0 bridgehead atoms. The second kappa shape index (κ2) is 7.64. The van der Waals surface area contributed by atoms with Crippen molar-refractivity contribution in [2.75, 3.05) is 32.8 Å². The van der Waals surface area contributed by atoms with Crippen molar-refractivity contribution in [3.8, 4) is 0 Å². The Bertz CT molecular complexity index is 490. The third kappa shape index (κ3) is 4.13. The average molecular weight is 337 g/mol. The van der Waals surface area contributed by atoms with E-state index in [2.05, 4.69) is 10.2 Å². The van der Waals surface area contributed by atoms with E-state index in [-0.39, 0.29) is 17.7 Å². The quantitative estimate of drug-likeness (QED) is 0.867. The summed E-state index contributed by atoms with van der Waals surface area (Å²) in [6.45, 7) is 3.11. The molecule has 0 aromatic heterocycles. The molecule has 0 radical (unpaired) electrons. The van der Waals surface area contributed by atoms with Gasteiger partial charge in [0, 0.05) is 38.8 Å². The molecule has 1 aromatic carbocycles. The fourth-order valence-electron chi connectivity index (χ4n) is 2.84. The van der Waals surface area contributed by atoms with Crippen LogP contribution >= 0.6 is 11.6 Å². The molecule has 0 spiro atoms. The number of alkyl halides is 3. The van der Waals surface area contributed by atoms with Crippen molar-refractivity contribution in [1.82, 2.24) is 10.2 Å². The molecule has 0 aliphatic carbocycles. The van der Waals surface area contributed by atoms with E-state index in [0.29, 0.717) is 18.4 Å². The summed E-state index contributed by atoms with van der Waals surface area (Å²) in [7, 11) is 0. The van der Waals surface area contributed by atoms with Crippen LogP contribution in [0.3, 0.4) is 0 Å². The number of nitrogens with one attached hydrogen (secondary N) is 1. The van der Waals surface area contributed by atoms with Crippen LogP contribution in [0.4, 0.5) is 13.2 Å². The van der Waals surface area contributed by atoms with E-state index in [4.69, 9.17) is 16.7 Å². The van der Waals surface area contributed by atoms with E-state index >= 15 is 0 Å². The third-order valence-corrected chi connectivity index (χ3v) is 4.34. The molecule has 0 saturated carbocycles. The summed E-state index contributed by atoms with van der Waals surface area (Å²) < 4.78 is 39.1. The number of benzene rings is 1. The van der Waals surface area contributed by atoms with Crippen molar-refractivity contribution in [3.63, 3.8) is 0 Å². The molecule has 1 heterocycles. The minimum atomic E-state index is -4.46. The lowest BCUT2D eigenvalue weighted by atomic mass is 9.97. The Balaban J connectivity index is 2.34. The molecular formula is C15H20ClF3N2O. The number of hydrogen-bond acceptors (Lipinski definition) is 3.